The molecular weight excluding hydrogens is 264 g/mol. The third-order valence-corrected chi connectivity index (χ3v) is 3.14. The highest BCUT2D eigenvalue weighted by molar-refractivity contribution is 9.09. The van der Waals surface area contributed by atoms with Crippen LogP contribution in [0, 0.1) is 5.92 Å². The van der Waals surface area contributed by atoms with Crippen LogP contribution in [0.3, 0.4) is 0 Å². The fourth-order valence-electron chi connectivity index (χ4n) is 1.61. The predicted octanol–water partition coefficient (Wildman–Crippen LogP) is 4.58. The van der Waals surface area contributed by atoms with Gasteiger partial charge in [-0.15, -0.1) is 0 Å². The second-order valence-corrected chi connectivity index (χ2v) is 5.11. The van der Waals surface area contributed by atoms with Gasteiger partial charge in [0, 0.05) is 11.9 Å². The average molecular weight is 285 g/mol. The molecule has 0 amide bonds. The van der Waals surface area contributed by atoms with Crippen LogP contribution < -0.4 is 0 Å². The maximum atomic E-state index is 5.88. The lowest BCUT2D eigenvalue weighted by molar-refractivity contribution is 0.0655. The molecule has 2 heteroatoms. The minimum absolute atomic E-state index is 0.188. The van der Waals surface area contributed by atoms with Gasteiger partial charge in [-0.25, -0.2) is 0 Å². The van der Waals surface area contributed by atoms with E-state index in [0.717, 1.165) is 24.3 Å². The summed E-state index contributed by atoms with van der Waals surface area (Å²) in [5.41, 5.74) is 1.25. The van der Waals surface area contributed by atoms with Gasteiger partial charge in [0.25, 0.3) is 0 Å². The molecule has 1 atom stereocenters. The lowest BCUT2D eigenvalue weighted by atomic mass is 10.1. The maximum absolute atomic E-state index is 5.88. The van der Waals surface area contributed by atoms with Crippen molar-refractivity contribution >= 4 is 15.9 Å². The number of benzene rings is 1. The smallest absolute Gasteiger partial charge is 0.0921 e. The number of alkyl halides is 1. The van der Waals surface area contributed by atoms with Gasteiger partial charge in [-0.2, -0.15) is 0 Å². The van der Waals surface area contributed by atoms with Crippen molar-refractivity contribution in [3.05, 3.63) is 35.9 Å². The molecule has 0 aliphatic rings. The topological polar surface area (TPSA) is 9.23 Å². The van der Waals surface area contributed by atoms with Crippen LogP contribution in [-0.4, -0.2) is 11.9 Å². The summed E-state index contributed by atoms with van der Waals surface area (Å²) in [4.78, 5) is 0. The minimum atomic E-state index is 0.188. The van der Waals surface area contributed by atoms with Gasteiger partial charge in [-0.1, -0.05) is 60.1 Å². The van der Waals surface area contributed by atoms with Gasteiger partial charge >= 0.3 is 0 Å². The number of hydrogen-bond donors (Lipinski definition) is 0. The standard InChI is InChI=1S/C14H21BrO/c1-12(2)7-6-10-16-14(11-15)13-8-4-3-5-9-13/h3-5,8-9,12,14H,6-7,10-11H2,1-2H3. The second-order valence-electron chi connectivity index (χ2n) is 4.46. The van der Waals surface area contributed by atoms with E-state index in [2.05, 4.69) is 54.0 Å². The van der Waals surface area contributed by atoms with Gasteiger partial charge in [0.15, 0.2) is 0 Å². The van der Waals surface area contributed by atoms with E-state index in [9.17, 15) is 0 Å². The molecule has 1 nitrogen and oxygen atoms in total. The molecule has 0 N–H and O–H groups in total. The monoisotopic (exact) mass is 284 g/mol. The Kier molecular flexibility index (Phi) is 6.74. The number of hydrogen-bond acceptors (Lipinski definition) is 1. The van der Waals surface area contributed by atoms with E-state index >= 15 is 0 Å². The molecule has 90 valence electrons. The molecule has 0 bridgehead atoms. The van der Waals surface area contributed by atoms with E-state index in [1.165, 1.54) is 12.0 Å². The van der Waals surface area contributed by atoms with E-state index in [1.54, 1.807) is 0 Å². The highest BCUT2D eigenvalue weighted by Crippen LogP contribution is 2.20. The van der Waals surface area contributed by atoms with E-state index in [1.807, 2.05) is 6.07 Å². The Morgan fingerprint density at radius 3 is 2.44 bits per heavy atom. The summed E-state index contributed by atoms with van der Waals surface area (Å²) < 4.78 is 5.88. The Hall–Kier alpha value is -0.340. The molecule has 0 fully saturated rings. The molecular formula is C14H21BrO. The van der Waals surface area contributed by atoms with Crippen molar-refractivity contribution in [2.75, 3.05) is 11.9 Å². The number of halogens is 1. The summed E-state index contributed by atoms with van der Waals surface area (Å²) in [7, 11) is 0. The highest BCUT2D eigenvalue weighted by atomic mass is 79.9. The molecule has 0 heterocycles. The average Bonchev–Trinajstić information content (AvgIpc) is 2.30. The normalized spacial score (nSPS) is 13.0. The summed E-state index contributed by atoms with van der Waals surface area (Å²) >= 11 is 3.51. The van der Waals surface area contributed by atoms with Crippen molar-refractivity contribution < 1.29 is 4.74 Å². The molecule has 1 rings (SSSR count). The Morgan fingerprint density at radius 2 is 1.88 bits per heavy atom. The summed E-state index contributed by atoms with van der Waals surface area (Å²) in [6.45, 7) is 5.35. The largest absolute Gasteiger partial charge is 0.373 e. The molecule has 0 saturated carbocycles. The Labute approximate surface area is 107 Å². The van der Waals surface area contributed by atoms with E-state index < -0.39 is 0 Å². The first kappa shape index (κ1) is 13.7. The van der Waals surface area contributed by atoms with Crippen molar-refractivity contribution in [1.82, 2.24) is 0 Å². The first-order valence-electron chi connectivity index (χ1n) is 5.96. The maximum Gasteiger partial charge on any atom is 0.0921 e. The molecule has 16 heavy (non-hydrogen) atoms. The summed E-state index contributed by atoms with van der Waals surface area (Å²) in [5, 5.41) is 0.860. The third kappa shape index (κ3) is 5.13. The molecule has 0 aliphatic carbocycles. The molecule has 0 aliphatic heterocycles. The van der Waals surface area contributed by atoms with E-state index in [4.69, 9.17) is 4.74 Å². The lowest BCUT2D eigenvalue weighted by Crippen LogP contribution is -2.07. The van der Waals surface area contributed by atoms with Gasteiger partial charge in [0.05, 0.1) is 6.10 Å². The Balaban J connectivity index is 2.33. The van der Waals surface area contributed by atoms with Gasteiger partial charge < -0.3 is 4.74 Å². The minimum Gasteiger partial charge on any atom is -0.373 e. The van der Waals surface area contributed by atoms with Crippen molar-refractivity contribution in [3.8, 4) is 0 Å². The zero-order chi connectivity index (χ0) is 11.8. The van der Waals surface area contributed by atoms with Gasteiger partial charge in [-0.05, 0) is 24.3 Å². The fourth-order valence-corrected chi connectivity index (χ4v) is 2.18. The first-order chi connectivity index (χ1) is 7.74. The molecule has 0 aromatic heterocycles. The van der Waals surface area contributed by atoms with Crippen LogP contribution >= 0.6 is 15.9 Å². The van der Waals surface area contributed by atoms with Crippen LogP contribution in [-0.2, 0) is 4.74 Å². The zero-order valence-corrected chi connectivity index (χ0v) is 11.7. The Morgan fingerprint density at radius 1 is 1.19 bits per heavy atom. The van der Waals surface area contributed by atoms with Crippen LogP contribution in [0.5, 0.6) is 0 Å². The van der Waals surface area contributed by atoms with E-state index in [-0.39, 0.29) is 6.10 Å². The fraction of sp³-hybridized carbons (Fsp3) is 0.571. The van der Waals surface area contributed by atoms with Crippen LogP contribution in [0.15, 0.2) is 30.3 Å². The van der Waals surface area contributed by atoms with Crippen molar-refractivity contribution in [2.24, 2.45) is 5.92 Å². The van der Waals surface area contributed by atoms with E-state index in [0.29, 0.717) is 0 Å². The zero-order valence-electron chi connectivity index (χ0n) is 10.2. The molecule has 0 radical (unpaired) electrons. The van der Waals surface area contributed by atoms with Gasteiger partial charge in [0.2, 0.25) is 0 Å². The highest BCUT2D eigenvalue weighted by Gasteiger charge is 2.09. The number of ether oxygens (including phenoxy) is 1. The van der Waals surface area contributed by atoms with Crippen LogP contribution in [0.25, 0.3) is 0 Å². The molecule has 1 aromatic carbocycles. The molecule has 0 spiro atoms. The molecule has 1 unspecified atom stereocenters. The SMILES string of the molecule is CC(C)CCCOC(CBr)c1ccccc1. The Bertz CT molecular complexity index is 271. The molecule has 1 aromatic rings. The van der Waals surface area contributed by atoms with Crippen LogP contribution in [0.2, 0.25) is 0 Å². The summed E-state index contributed by atoms with van der Waals surface area (Å²) in [6, 6.07) is 10.4. The van der Waals surface area contributed by atoms with Gasteiger partial charge in [-0.3, -0.25) is 0 Å². The summed E-state index contributed by atoms with van der Waals surface area (Å²) in [5.74, 6) is 0.766. The second kappa shape index (κ2) is 7.86. The first-order valence-corrected chi connectivity index (χ1v) is 7.08. The molecule has 0 saturated heterocycles. The quantitative estimate of drug-likeness (QED) is 0.526. The third-order valence-electron chi connectivity index (χ3n) is 2.56. The van der Waals surface area contributed by atoms with Crippen molar-refractivity contribution in [3.63, 3.8) is 0 Å². The predicted molar refractivity (Wildman–Crippen MR) is 73.0 cm³/mol. The van der Waals surface area contributed by atoms with Gasteiger partial charge in [0.1, 0.15) is 0 Å². The van der Waals surface area contributed by atoms with Crippen molar-refractivity contribution in [1.29, 1.82) is 0 Å². The van der Waals surface area contributed by atoms with Crippen molar-refractivity contribution in [2.45, 2.75) is 32.8 Å². The van der Waals surface area contributed by atoms with Crippen LogP contribution in [0.4, 0.5) is 0 Å². The summed E-state index contributed by atoms with van der Waals surface area (Å²) in [6.07, 6.45) is 2.58. The van der Waals surface area contributed by atoms with Crippen LogP contribution in [0.1, 0.15) is 38.4 Å². The number of rotatable bonds is 7. The lowest BCUT2D eigenvalue weighted by Gasteiger charge is -2.16.